The van der Waals surface area contributed by atoms with E-state index in [1.807, 2.05) is 6.92 Å². The Morgan fingerprint density at radius 2 is 1.81 bits per heavy atom. The molecule has 1 rings (SSSR count). The molecule has 0 radical (unpaired) electrons. The maximum atomic E-state index is 13.2. The van der Waals surface area contributed by atoms with Gasteiger partial charge in [-0.05, 0) is 30.9 Å². The molecule has 1 aromatic carbocycles. The molecule has 0 heterocycles. The molecule has 1 N–H and O–H groups in total. The predicted molar refractivity (Wildman–Crippen MR) is 55.6 cm³/mol. The standard InChI is InChI=1S/C12H15F3O/c1-2-3-9(16)6-4-8-5-7-10(13)12(15)11(8)14/h5,7,9,16H,2-4,6H2,1H3. The van der Waals surface area contributed by atoms with Crippen molar-refractivity contribution in [2.24, 2.45) is 0 Å². The summed E-state index contributed by atoms with van der Waals surface area (Å²) in [6.07, 6.45) is 1.52. The van der Waals surface area contributed by atoms with E-state index in [-0.39, 0.29) is 12.0 Å². The van der Waals surface area contributed by atoms with Crippen LogP contribution in [0, 0.1) is 17.5 Å². The van der Waals surface area contributed by atoms with Crippen molar-refractivity contribution in [3.63, 3.8) is 0 Å². The van der Waals surface area contributed by atoms with E-state index in [0.717, 1.165) is 12.5 Å². The van der Waals surface area contributed by atoms with Gasteiger partial charge in [-0.25, -0.2) is 13.2 Å². The van der Waals surface area contributed by atoms with Crippen LogP contribution in [0.5, 0.6) is 0 Å². The van der Waals surface area contributed by atoms with Gasteiger partial charge < -0.3 is 5.11 Å². The van der Waals surface area contributed by atoms with Crippen LogP contribution in [-0.2, 0) is 6.42 Å². The molecular weight excluding hydrogens is 217 g/mol. The summed E-state index contributed by atoms with van der Waals surface area (Å²) in [5.74, 6) is -3.78. The molecular formula is C12H15F3O. The Balaban J connectivity index is 2.64. The smallest absolute Gasteiger partial charge is 0.194 e. The minimum Gasteiger partial charge on any atom is -0.393 e. The van der Waals surface area contributed by atoms with Gasteiger partial charge in [-0.2, -0.15) is 0 Å². The van der Waals surface area contributed by atoms with Crippen LogP contribution in [0.2, 0.25) is 0 Å². The predicted octanol–water partition coefficient (Wildman–Crippen LogP) is 3.20. The van der Waals surface area contributed by atoms with E-state index in [4.69, 9.17) is 0 Å². The fraction of sp³-hybridized carbons (Fsp3) is 0.500. The van der Waals surface area contributed by atoms with Crippen molar-refractivity contribution < 1.29 is 18.3 Å². The molecule has 1 unspecified atom stereocenters. The van der Waals surface area contributed by atoms with Gasteiger partial charge in [0.1, 0.15) is 0 Å². The molecule has 0 saturated heterocycles. The highest BCUT2D eigenvalue weighted by molar-refractivity contribution is 5.20. The summed E-state index contributed by atoms with van der Waals surface area (Å²) in [6.45, 7) is 1.93. The maximum Gasteiger partial charge on any atom is 0.194 e. The molecule has 0 aliphatic rings. The summed E-state index contributed by atoms with van der Waals surface area (Å²) < 4.78 is 38.7. The normalized spacial score (nSPS) is 12.8. The molecule has 90 valence electrons. The Labute approximate surface area is 92.9 Å². The van der Waals surface area contributed by atoms with Crippen LogP contribution in [0.3, 0.4) is 0 Å². The molecule has 0 spiro atoms. The molecule has 1 atom stereocenters. The fourth-order valence-electron chi connectivity index (χ4n) is 1.56. The average molecular weight is 232 g/mol. The van der Waals surface area contributed by atoms with Gasteiger partial charge in [0.15, 0.2) is 17.5 Å². The van der Waals surface area contributed by atoms with Crippen LogP contribution < -0.4 is 0 Å². The average Bonchev–Trinajstić information content (AvgIpc) is 2.25. The summed E-state index contributed by atoms with van der Waals surface area (Å²) in [7, 11) is 0. The lowest BCUT2D eigenvalue weighted by atomic mass is 10.0. The first-order chi connectivity index (χ1) is 7.56. The first-order valence-electron chi connectivity index (χ1n) is 5.36. The van der Waals surface area contributed by atoms with E-state index in [1.165, 1.54) is 6.07 Å². The third-order valence-corrected chi connectivity index (χ3v) is 2.48. The highest BCUT2D eigenvalue weighted by atomic mass is 19.2. The first kappa shape index (κ1) is 13.0. The number of rotatable bonds is 5. The summed E-state index contributed by atoms with van der Waals surface area (Å²) in [5.41, 5.74) is 0.106. The molecule has 4 heteroatoms. The molecule has 1 nitrogen and oxygen atoms in total. The van der Waals surface area contributed by atoms with E-state index < -0.39 is 23.6 Å². The fourth-order valence-corrected chi connectivity index (χ4v) is 1.56. The zero-order valence-corrected chi connectivity index (χ0v) is 9.14. The van der Waals surface area contributed by atoms with Crippen LogP contribution in [0.15, 0.2) is 12.1 Å². The summed E-state index contributed by atoms with van der Waals surface area (Å²) in [6, 6.07) is 2.12. The Morgan fingerprint density at radius 1 is 1.12 bits per heavy atom. The number of aliphatic hydroxyl groups excluding tert-OH is 1. The van der Waals surface area contributed by atoms with Gasteiger partial charge >= 0.3 is 0 Å². The molecule has 0 aromatic heterocycles. The third kappa shape index (κ3) is 3.23. The number of aliphatic hydroxyl groups is 1. The van der Waals surface area contributed by atoms with Crippen molar-refractivity contribution in [3.05, 3.63) is 35.1 Å². The minimum atomic E-state index is -1.44. The van der Waals surface area contributed by atoms with Gasteiger partial charge in [-0.1, -0.05) is 19.4 Å². The Hall–Kier alpha value is -1.03. The van der Waals surface area contributed by atoms with E-state index >= 15 is 0 Å². The minimum absolute atomic E-state index is 0.106. The number of hydrogen-bond acceptors (Lipinski definition) is 1. The van der Waals surface area contributed by atoms with Crippen LogP contribution in [0.25, 0.3) is 0 Å². The Bertz CT molecular complexity index is 352. The van der Waals surface area contributed by atoms with Gasteiger partial charge in [-0.15, -0.1) is 0 Å². The molecule has 1 aromatic rings. The zero-order valence-electron chi connectivity index (χ0n) is 9.14. The van der Waals surface area contributed by atoms with Crippen molar-refractivity contribution in [1.82, 2.24) is 0 Å². The summed E-state index contributed by atoms with van der Waals surface area (Å²) >= 11 is 0. The number of aryl methyl sites for hydroxylation is 1. The first-order valence-corrected chi connectivity index (χ1v) is 5.36. The van der Waals surface area contributed by atoms with Gasteiger partial charge in [0.05, 0.1) is 6.10 Å². The Kier molecular flexibility index (Phi) is 4.80. The number of halogens is 3. The molecule has 0 aliphatic carbocycles. The van der Waals surface area contributed by atoms with E-state index in [0.29, 0.717) is 12.8 Å². The quantitative estimate of drug-likeness (QED) is 0.773. The molecule has 0 fully saturated rings. The second-order valence-electron chi connectivity index (χ2n) is 3.82. The largest absolute Gasteiger partial charge is 0.393 e. The molecule has 16 heavy (non-hydrogen) atoms. The number of hydrogen-bond donors (Lipinski definition) is 1. The van der Waals surface area contributed by atoms with Crippen molar-refractivity contribution in [1.29, 1.82) is 0 Å². The highest BCUT2D eigenvalue weighted by Crippen LogP contribution is 2.17. The molecule has 0 bridgehead atoms. The number of benzene rings is 1. The summed E-state index contributed by atoms with van der Waals surface area (Å²) in [5, 5.41) is 9.44. The molecule has 0 saturated carbocycles. The van der Waals surface area contributed by atoms with Crippen molar-refractivity contribution in [2.45, 2.75) is 38.7 Å². The third-order valence-electron chi connectivity index (χ3n) is 2.48. The Morgan fingerprint density at radius 3 is 2.44 bits per heavy atom. The van der Waals surface area contributed by atoms with Crippen molar-refractivity contribution in [2.75, 3.05) is 0 Å². The van der Waals surface area contributed by atoms with Gasteiger partial charge in [0, 0.05) is 0 Å². The van der Waals surface area contributed by atoms with E-state index in [9.17, 15) is 18.3 Å². The SMILES string of the molecule is CCCC(O)CCc1ccc(F)c(F)c1F. The van der Waals surface area contributed by atoms with Crippen LogP contribution >= 0.6 is 0 Å². The van der Waals surface area contributed by atoms with Crippen molar-refractivity contribution in [3.8, 4) is 0 Å². The highest BCUT2D eigenvalue weighted by Gasteiger charge is 2.14. The van der Waals surface area contributed by atoms with Crippen LogP contribution in [0.1, 0.15) is 31.7 Å². The monoisotopic (exact) mass is 232 g/mol. The van der Waals surface area contributed by atoms with Crippen LogP contribution in [-0.4, -0.2) is 11.2 Å². The van der Waals surface area contributed by atoms with Crippen molar-refractivity contribution >= 4 is 0 Å². The van der Waals surface area contributed by atoms with Gasteiger partial charge in [-0.3, -0.25) is 0 Å². The maximum absolute atomic E-state index is 13.2. The molecule has 0 aliphatic heterocycles. The lowest BCUT2D eigenvalue weighted by Gasteiger charge is -2.09. The second kappa shape index (κ2) is 5.89. The van der Waals surface area contributed by atoms with Gasteiger partial charge in [0.25, 0.3) is 0 Å². The lowest BCUT2D eigenvalue weighted by Crippen LogP contribution is -2.08. The molecule has 0 amide bonds. The topological polar surface area (TPSA) is 20.2 Å². The van der Waals surface area contributed by atoms with E-state index in [2.05, 4.69) is 0 Å². The second-order valence-corrected chi connectivity index (χ2v) is 3.82. The zero-order chi connectivity index (χ0) is 12.1. The van der Waals surface area contributed by atoms with Gasteiger partial charge in [0.2, 0.25) is 0 Å². The summed E-state index contributed by atoms with van der Waals surface area (Å²) in [4.78, 5) is 0. The van der Waals surface area contributed by atoms with E-state index in [1.54, 1.807) is 0 Å². The van der Waals surface area contributed by atoms with Crippen LogP contribution in [0.4, 0.5) is 13.2 Å². The lowest BCUT2D eigenvalue weighted by molar-refractivity contribution is 0.153.